The molecule has 0 aliphatic carbocycles. The lowest BCUT2D eigenvalue weighted by Crippen LogP contribution is -2.33. The smallest absolute Gasteiger partial charge is 0.265 e. The highest BCUT2D eigenvalue weighted by Crippen LogP contribution is 2.42. The second-order valence-corrected chi connectivity index (χ2v) is 10.5. The Labute approximate surface area is 213 Å². The van der Waals surface area contributed by atoms with E-state index in [1.807, 2.05) is 71.0 Å². The number of thiophene rings is 1. The summed E-state index contributed by atoms with van der Waals surface area (Å²) >= 11 is 3.10. The molecule has 35 heavy (non-hydrogen) atoms. The average molecular weight is 497 g/mol. The molecule has 3 aromatic carbocycles. The van der Waals surface area contributed by atoms with E-state index >= 15 is 0 Å². The molecule has 4 aromatic rings. The zero-order valence-electron chi connectivity index (χ0n) is 19.2. The van der Waals surface area contributed by atoms with Gasteiger partial charge in [0.15, 0.2) is 0 Å². The lowest BCUT2D eigenvalue weighted by molar-refractivity contribution is -0.114. The Hall–Kier alpha value is -3.61. The van der Waals surface area contributed by atoms with E-state index in [1.165, 1.54) is 17.3 Å². The summed E-state index contributed by atoms with van der Waals surface area (Å²) in [5.41, 5.74) is 4.67. The van der Waals surface area contributed by atoms with Gasteiger partial charge in [0.1, 0.15) is 0 Å². The molecule has 0 fully saturated rings. The van der Waals surface area contributed by atoms with E-state index in [-0.39, 0.29) is 11.8 Å². The SMILES string of the molecule is Cc1cccc(CN2C(=O)/C(=C\c3ccc(C(=O)NCc4cccs4)cc3)Sc3ccccc32)c1. The summed E-state index contributed by atoms with van der Waals surface area (Å²) in [5.74, 6) is -0.132. The van der Waals surface area contributed by atoms with Crippen molar-refractivity contribution in [3.63, 3.8) is 0 Å². The second kappa shape index (κ2) is 10.3. The lowest BCUT2D eigenvalue weighted by atomic mass is 10.1. The maximum absolute atomic E-state index is 13.5. The maximum atomic E-state index is 13.5. The normalized spacial score (nSPS) is 14.1. The largest absolute Gasteiger partial charge is 0.347 e. The van der Waals surface area contributed by atoms with Crippen LogP contribution >= 0.6 is 23.1 Å². The maximum Gasteiger partial charge on any atom is 0.265 e. The fraction of sp³-hybridized carbons (Fsp3) is 0.103. The summed E-state index contributed by atoms with van der Waals surface area (Å²) in [7, 11) is 0. The van der Waals surface area contributed by atoms with E-state index in [0.717, 1.165) is 26.6 Å². The predicted octanol–water partition coefficient (Wildman–Crippen LogP) is 6.67. The van der Waals surface area contributed by atoms with E-state index in [0.29, 0.717) is 23.6 Å². The number of para-hydroxylation sites is 1. The first kappa shape index (κ1) is 23.1. The van der Waals surface area contributed by atoms with Crippen molar-refractivity contribution < 1.29 is 9.59 Å². The standard InChI is InChI=1S/C29H24N2O2S2/c1-20-6-4-7-22(16-20)19-31-25-9-2-3-10-26(25)35-27(29(31)33)17-21-11-13-23(14-12-21)28(32)30-18-24-8-5-15-34-24/h2-17H,18-19H2,1H3,(H,30,32)/b27-17+. The molecular formula is C29H24N2O2S2. The number of benzene rings is 3. The second-order valence-electron chi connectivity index (χ2n) is 8.34. The summed E-state index contributed by atoms with van der Waals surface area (Å²) in [4.78, 5) is 30.7. The molecule has 2 amide bonds. The first-order valence-electron chi connectivity index (χ1n) is 11.3. The molecule has 6 heteroatoms. The highest BCUT2D eigenvalue weighted by Gasteiger charge is 2.29. The van der Waals surface area contributed by atoms with Crippen LogP contribution in [-0.4, -0.2) is 11.8 Å². The topological polar surface area (TPSA) is 49.4 Å². The summed E-state index contributed by atoms with van der Waals surface area (Å²) in [6, 6.07) is 27.6. The molecule has 2 heterocycles. The number of hydrogen-bond acceptors (Lipinski definition) is 4. The molecule has 0 spiro atoms. The zero-order valence-corrected chi connectivity index (χ0v) is 20.9. The number of fused-ring (bicyclic) bond motifs is 1. The molecule has 1 aliphatic rings. The van der Waals surface area contributed by atoms with E-state index < -0.39 is 0 Å². The predicted molar refractivity (Wildman–Crippen MR) is 145 cm³/mol. The van der Waals surface area contributed by atoms with E-state index in [9.17, 15) is 9.59 Å². The molecule has 1 N–H and O–H groups in total. The lowest BCUT2D eigenvalue weighted by Gasteiger charge is -2.30. The minimum Gasteiger partial charge on any atom is -0.347 e. The number of carbonyl (C=O) groups excluding carboxylic acids is 2. The van der Waals surface area contributed by atoms with Gasteiger partial charge in [-0.15, -0.1) is 11.3 Å². The number of thioether (sulfide) groups is 1. The zero-order chi connectivity index (χ0) is 24.2. The van der Waals surface area contributed by atoms with Crippen molar-refractivity contribution in [2.24, 2.45) is 0 Å². The Morgan fingerprint density at radius 2 is 1.80 bits per heavy atom. The fourth-order valence-corrected chi connectivity index (χ4v) is 5.68. The monoisotopic (exact) mass is 496 g/mol. The highest BCUT2D eigenvalue weighted by atomic mass is 32.2. The van der Waals surface area contributed by atoms with Gasteiger partial charge in [-0.05, 0) is 59.8 Å². The molecule has 0 unspecified atom stereocenters. The first-order valence-corrected chi connectivity index (χ1v) is 13.0. The van der Waals surface area contributed by atoms with Crippen LogP contribution in [0.25, 0.3) is 6.08 Å². The van der Waals surface area contributed by atoms with Crippen LogP contribution < -0.4 is 10.2 Å². The van der Waals surface area contributed by atoms with Crippen LogP contribution in [0.15, 0.2) is 100 Å². The van der Waals surface area contributed by atoms with Crippen LogP contribution in [0.5, 0.6) is 0 Å². The third-order valence-electron chi connectivity index (χ3n) is 5.73. The highest BCUT2D eigenvalue weighted by molar-refractivity contribution is 8.04. The van der Waals surface area contributed by atoms with Crippen LogP contribution in [0.2, 0.25) is 0 Å². The molecule has 1 aromatic heterocycles. The number of nitrogens with one attached hydrogen (secondary N) is 1. The van der Waals surface area contributed by atoms with E-state index in [1.54, 1.807) is 23.5 Å². The number of anilines is 1. The van der Waals surface area contributed by atoms with Crippen LogP contribution in [0.4, 0.5) is 5.69 Å². The number of nitrogens with zero attached hydrogens (tertiary/aromatic N) is 1. The van der Waals surface area contributed by atoms with Crippen LogP contribution in [0.1, 0.15) is 31.9 Å². The van der Waals surface area contributed by atoms with Crippen molar-refractivity contribution in [3.05, 3.63) is 122 Å². The Morgan fingerprint density at radius 3 is 2.57 bits per heavy atom. The number of hydrogen-bond donors (Lipinski definition) is 1. The van der Waals surface area contributed by atoms with Crippen molar-refractivity contribution in [3.8, 4) is 0 Å². The quantitative estimate of drug-likeness (QED) is 0.304. The van der Waals surface area contributed by atoms with Gasteiger partial charge in [-0.2, -0.15) is 0 Å². The summed E-state index contributed by atoms with van der Waals surface area (Å²) in [6.07, 6.45) is 1.90. The van der Waals surface area contributed by atoms with Gasteiger partial charge in [0.25, 0.3) is 11.8 Å². The van der Waals surface area contributed by atoms with Crippen molar-refractivity contribution >= 4 is 46.7 Å². The van der Waals surface area contributed by atoms with Crippen molar-refractivity contribution in [1.82, 2.24) is 5.32 Å². The van der Waals surface area contributed by atoms with Crippen molar-refractivity contribution in [2.45, 2.75) is 24.9 Å². The summed E-state index contributed by atoms with van der Waals surface area (Å²) in [6.45, 7) is 3.09. The molecule has 0 saturated carbocycles. The molecule has 0 atom stereocenters. The molecule has 4 nitrogen and oxygen atoms in total. The Balaban J connectivity index is 1.36. The molecule has 174 valence electrons. The van der Waals surface area contributed by atoms with Gasteiger partial charge in [0, 0.05) is 15.3 Å². The summed E-state index contributed by atoms with van der Waals surface area (Å²) < 4.78 is 0. The van der Waals surface area contributed by atoms with Crippen LogP contribution in [-0.2, 0) is 17.9 Å². The number of aryl methyl sites for hydroxylation is 1. The number of rotatable bonds is 6. The van der Waals surface area contributed by atoms with Crippen molar-refractivity contribution in [1.29, 1.82) is 0 Å². The Morgan fingerprint density at radius 1 is 0.971 bits per heavy atom. The first-order chi connectivity index (χ1) is 17.1. The van der Waals surface area contributed by atoms with Gasteiger partial charge in [-0.25, -0.2) is 0 Å². The minimum atomic E-state index is -0.112. The molecule has 5 rings (SSSR count). The molecule has 0 bridgehead atoms. The number of amides is 2. The van der Waals surface area contributed by atoms with Gasteiger partial charge in [0.2, 0.25) is 0 Å². The molecular weight excluding hydrogens is 472 g/mol. The van der Waals surface area contributed by atoms with Crippen molar-refractivity contribution in [2.75, 3.05) is 4.90 Å². The van der Waals surface area contributed by atoms with Crippen LogP contribution in [0, 0.1) is 6.92 Å². The average Bonchev–Trinajstić information content (AvgIpc) is 3.39. The Kier molecular flexibility index (Phi) is 6.84. The minimum absolute atomic E-state index is 0.0204. The fourth-order valence-electron chi connectivity index (χ4n) is 3.98. The third kappa shape index (κ3) is 5.39. The third-order valence-corrected chi connectivity index (χ3v) is 7.68. The van der Waals surface area contributed by atoms with E-state index in [4.69, 9.17) is 0 Å². The molecule has 0 saturated heterocycles. The van der Waals surface area contributed by atoms with Gasteiger partial charge in [0.05, 0.1) is 23.7 Å². The summed E-state index contributed by atoms with van der Waals surface area (Å²) in [5, 5.41) is 4.94. The number of carbonyl (C=O) groups is 2. The van der Waals surface area contributed by atoms with Gasteiger partial charge >= 0.3 is 0 Å². The van der Waals surface area contributed by atoms with Crippen LogP contribution in [0.3, 0.4) is 0 Å². The molecule has 0 radical (unpaired) electrons. The Bertz CT molecular complexity index is 1390. The van der Waals surface area contributed by atoms with Gasteiger partial charge in [-0.3, -0.25) is 9.59 Å². The van der Waals surface area contributed by atoms with Gasteiger partial charge in [-0.1, -0.05) is 71.9 Å². The van der Waals surface area contributed by atoms with Gasteiger partial charge < -0.3 is 10.2 Å². The molecule has 1 aliphatic heterocycles. The van der Waals surface area contributed by atoms with E-state index in [2.05, 4.69) is 30.4 Å².